The van der Waals surface area contributed by atoms with E-state index in [2.05, 4.69) is 48.9 Å². The summed E-state index contributed by atoms with van der Waals surface area (Å²) in [4.78, 5) is 0. The number of hydrogen-bond donors (Lipinski definition) is 0. The van der Waals surface area contributed by atoms with Crippen molar-refractivity contribution in [3.63, 3.8) is 0 Å². The molecule has 0 nitrogen and oxygen atoms in total. The second kappa shape index (κ2) is 3.10. The van der Waals surface area contributed by atoms with Crippen LogP contribution in [0.4, 0.5) is 0 Å². The molecule has 0 unspecified atom stereocenters. The molecule has 0 radical (unpaired) electrons. The summed E-state index contributed by atoms with van der Waals surface area (Å²) in [5.74, 6) is 0. The van der Waals surface area contributed by atoms with Gasteiger partial charge in [0.1, 0.15) is 0 Å². The van der Waals surface area contributed by atoms with E-state index in [0.29, 0.717) is 0 Å². The quantitative estimate of drug-likeness (QED) is 0.485. The van der Waals surface area contributed by atoms with Crippen molar-refractivity contribution in [3.05, 3.63) is 35.4 Å². The van der Waals surface area contributed by atoms with Crippen LogP contribution >= 0.6 is 0 Å². The predicted molar refractivity (Wildman–Crippen MR) is 40.6 cm³/mol. The maximum absolute atomic E-state index is 2.22. The Morgan fingerprint density at radius 1 is 1.44 bits per heavy atom. The summed E-state index contributed by atoms with van der Waals surface area (Å²) in [6.45, 7) is 2.12. The van der Waals surface area contributed by atoms with Gasteiger partial charge in [-0.25, -0.2) is 0 Å². The first-order valence-electron chi connectivity index (χ1n) is 3.38. The van der Waals surface area contributed by atoms with Crippen molar-refractivity contribution < 1.29 is 0 Å². The molecule has 9 heavy (non-hydrogen) atoms. The van der Waals surface area contributed by atoms with E-state index in [0.717, 1.165) is 5.09 Å². The topological polar surface area (TPSA) is 0 Å². The molecule has 1 aromatic rings. The van der Waals surface area contributed by atoms with E-state index < -0.39 is 0 Å². The van der Waals surface area contributed by atoms with Crippen molar-refractivity contribution in [1.29, 1.82) is 0 Å². The van der Waals surface area contributed by atoms with Gasteiger partial charge in [0.15, 0.2) is 0 Å². The van der Waals surface area contributed by atoms with E-state index in [-0.39, 0.29) is 0 Å². The summed E-state index contributed by atoms with van der Waals surface area (Å²) in [5, 5.41) is 1.14. The molecular formula is C8H9Li. The molecule has 0 N–H and O–H groups in total. The van der Waals surface area contributed by atoms with E-state index in [4.69, 9.17) is 0 Å². The van der Waals surface area contributed by atoms with Gasteiger partial charge in [-0.3, -0.25) is 0 Å². The molecule has 0 saturated heterocycles. The standard InChI is InChI=1S/C8H9.Li/c1-7-4-3-5-8(2)6-7;/h3-6H,1H2,2H3;. The zero-order valence-corrected chi connectivity index (χ0v) is 6.02. The van der Waals surface area contributed by atoms with Crippen LogP contribution in [0.1, 0.15) is 11.1 Å². The SMILES string of the molecule is [Li][CH2]c1cccc(C)c1. The van der Waals surface area contributed by atoms with Gasteiger partial charge in [0, 0.05) is 0 Å². The normalized spacial score (nSPS) is 9.67. The van der Waals surface area contributed by atoms with Crippen LogP contribution < -0.4 is 0 Å². The molecule has 0 bridgehead atoms. The van der Waals surface area contributed by atoms with Crippen molar-refractivity contribution in [2.24, 2.45) is 0 Å². The van der Waals surface area contributed by atoms with Gasteiger partial charge >= 0.3 is 65.1 Å². The Kier molecular flexibility index (Phi) is 2.39. The van der Waals surface area contributed by atoms with Gasteiger partial charge < -0.3 is 0 Å². The van der Waals surface area contributed by atoms with Gasteiger partial charge in [0.05, 0.1) is 0 Å². The fraction of sp³-hybridized carbons (Fsp3) is 0.250. The Hall–Kier alpha value is -0.183. The summed E-state index contributed by atoms with van der Waals surface area (Å²) >= 11 is 2.18. The number of benzene rings is 1. The molecule has 0 fully saturated rings. The Balaban J connectivity index is 2.94. The van der Waals surface area contributed by atoms with Gasteiger partial charge in [0.2, 0.25) is 0 Å². The zero-order chi connectivity index (χ0) is 6.69. The Bertz CT molecular complexity index is 194. The molecule has 0 aliphatic carbocycles. The molecule has 0 aromatic heterocycles. The maximum atomic E-state index is 2.22. The molecule has 42 valence electrons. The third-order valence-electron chi connectivity index (χ3n) is 1.49. The van der Waals surface area contributed by atoms with Gasteiger partial charge in [-0.1, -0.05) is 0 Å². The molecule has 0 saturated carbocycles. The zero-order valence-electron chi connectivity index (χ0n) is 6.02. The van der Waals surface area contributed by atoms with E-state index in [1.54, 1.807) is 0 Å². The summed E-state index contributed by atoms with van der Waals surface area (Å²) in [5.41, 5.74) is 2.78. The van der Waals surface area contributed by atoms with Gasteiger partial charge in [-0.2, -0.15) is 0 Å². The molecule has 1 rings (SSSR count). The first kappa shape index (κ1) is 6.93. The fourth-order valence-electron chi connectivity index (χ4n) is 0.932. The average molecular weight is 112 g/mol. The minimum absolute atomic E-state index is 1.14. The third kappa shape index (κ3) is 1.89. The first-order chi connectivity index (χ1) is 4.33. The molecule has 0 spiro atoms. The molecule has 0 amide bonds. The van der Waals surface area contributed by atoms with Crippen molar-refractivity contribution in [2.75, 3.05) is 0 Å². The summed E-state index contributed by atoms with van der Waals surface area (Å²) in [6.07, 6.45) is 0. The second-order valence-electron chi connectivity index (χ2n) is 2.34. The Labute approximate surface area is 65.5 Å². The molecular weight excluding hydrogens is 103 g/mol. The molecule has 0 aliphatic rings. The van der Waals surface area contributed by atoms with Crippen molar-refractivity contribution >= 4 is 17.7 Å². The van der Waals surface area contributed by atoms with Crippen LogP contribution in [-0.4, -0.2) is 17.7 Å². The molecule has 1 aromatic carbocycles. The molecule has 0 atom stereocenters. The summed E-state index contributed by atoms with van der Waals surface area (Å²) in [6, 6.07) is 8.61. The van der Waals surface area contributed by atoms with Crippen LogP contribution in [-0.2, 0) is 5.09 Å². The van der Waals surface area contributed by atoms with Crippen LogP contribution in [0.3, 0.4) is 0 Å². The molecule has 1 heteroatoms. The van der Waals surface area contributed by atoms with E-state index in [1.165, 1.54) is 11.1 Å². The number of hydrogen-bond acceptors (Lipinski definition) is 0. The minimum atomic E-state index is 1.14. The Morgan fingerprint density at radius 3 is 2.67 bits per heavy atom. The van der Waals surface area contributed by atoms with Crippen LogP contribution in [0, 0.1) is 6.92 Å². The molecule has 0 aliphatic heterocycles. The number of rotatable bonds is 1. The van der Waals surface area contributed by atoms with Gasteiger partial charge in [-0.05, 0) is 0 Å². The van der Waals surface area contributed by atoms with E-state index in [1.807, 2.05) is 0 Å². The first-order valence-corrected chi connectivity index (χ1v) is 3.38. The van der Waals surface area contributed by atoms with Crippen molar-refractivity contribution in [1.82, 2.24) is 0 Å². The average Bonchev–Trinajstić information content (AvgIpc) is 1.88. The van der Waals surface area contributed by atoms with Crippen molar-refractivity contribution in [2.45, 2.75) is 12.0 Å². The third-order valence-corrected chi connectivity index (χ3v) is 1.49. The van der Waals surface area contributed by atoms with Crippen molar-refractivity contribution in [3.8, 4) is 0 Å². The fourth-order valence-corrected chi connectivity index (χ4v) is 0.932. The summed E-state index contributed by atoms with van der Waals surface area (Å²) in [7, 11) is 0. The van der Waals surface area contributed by atoms with Crippen LogP contribution in [0.2, 0.25) is 0 Å². The molecule has 0 heterocycles. The van der Waals surface area contributed by atoms with Gasteiger partial charge in [-0.15, -0.1) is 0 Å². The summed E-state index contributed by atoms with van der Waals surface area (Å²) < 4.78 is 0. The second-order valence-corrected chi connectivity index (χ2v) is 2.34. The van der Waals surface area contributed by atoms with Crippen LogP contribution in [0.5, 0.6) is 0 Å². The Morgan fingerprint density at radius 2 is 2.22 bits per heavy atom. The van der Waals surface area contributed by atoms with Gasteiger partial charge in [0.25, 0.3) is 0 Å². The monoisotopic (exact) mass is 112 g/mol. The predicted octanol–water partition coefficient (Wildman–Crippen LogP) is 1.66. The van der Waals surface area contributed by atoms with E-state index in [9.17, 15) is 0 Å². The van der Waals surface area contributed by atoms with Crippen LogP contribution in [0.15, 0.2) is 24.3 Å². The number of aryl methyl sites for hydroxylation is 1. The van der Waals surface area contributed by atoms with Crippen LogP contribution in [0.25, 0.3) is 0 Å². The van der Waals surface area contributed by atoms with E-state index >= 15 is 0 Å².